The number of rotatable bonds is 3. The Balaban J connectivity index is 1.73. The van der Waals surface area contributed by atoms with Gasteiger partial charge in [-0.25, -0.2) is 4.68 Å². The molecule has 6 heteroatoms. The molecule has 1 aliphatic heterocycles. The lowest BCUT2D eigenvalue weighted by molar-refractivity contribution is 0.454. The highest BCUT2D eigenvalue weighted by molar-refractivity contribution is 5.81. The van der Waals surface area contributed by atoms with Gasteiger partial charge in [0.25, 0.3) is 5.56 Å². The van der Waals surface area contributed by atoms with Gasteiger partial charge in [-0.15, -0.1) is 0 Å². The average Bonchev–Trinajstić information content (AvgIpc) is 3.33. The largest absolute Gasteiger partial charge is 0.508 e. The normalized spacial score (nSPS) is 19.5. The molecule has 3 heterocycles. The molecule has 27 heavy (non-hydrogen) atoms. The maximum Gasteiger partial charge on any atom is 0.256 e. The predicted molar refractivity (Wildman–Crippen MR) is 104 cm³/mol. The number of aromatic nitrogens is 3. The average molecular weight is 364 g/mol. The molecule has 140 valence electrons. The van der Waals surface area contributed by atoms with Gasteiger partial charge in [-0.05, 0) is 68.3 Å². The standard InChI is InChI=1S/C21H24N4O2/c26-15-6-3-5-14(11-15)13-24-20-18(12-23-24)16-7-1-2-8-17(16)21(27)25(20)19-9-4-10-22-19/h3,5-6,11-12,19,22,26H,1-2,4,7-10,13H2. The Morgan fingerprint density at radius 3 is 2.81 bits per heavy atom. The van der Waals surface area contributed by atoms with E-state index in [0.717, 1.165) is 67.2 Å². The van der Waals surface area contributed by atoms with Crippen LogP contribution in [-0.4, -0.2) is 26.0 Å². The van der Waals surface area contributed by atoms with Crippen molar-refractivity contribution in [1.82, 2.24) is 19.7 Å². The van der Waals surface area contributed by atoms with Crippen LogP contribution in [0, 0.1) is 0 Å². The van der Waals surface area contributed by atoms with Crippen molar-refractivity contribution in [3.63, 3.8) is 0 Å². The molecule has 0 amide bonds. The van der Waals surface area contributed by atoms with Gasteiger partial charge in [0.1, 0.15) is 11.4 Å². The molecule has 1 aromatic carbocycles. The molecule has 2 N–H and O–H groups in total. The Kier molecular flexibility index (Phi) is 4.01. The summed E-state index contributed by atoms with van der Waals surface area (Å²) in [5.74, 6) is 0.246. The van der Waals surface area contributed by atoms with Crippen LogP contribution < -0.4 is 10.9 Å². The van der Waals surface area contributed by atoms with Gasteiger partial charge in [0.2, 0.25) is 0 Å². The van der Waals surface area contributed by atoms with Crippen LogP contribution in [0.5, 0.6) is 5.75 Å². The molecule has 3 aromatic rings. The summed E-state index contributed by atoms with van der Waals surface area (Å²) in [4.78, 5) is 13.4. The monoisotopic (exact) mass is 364 g/mol. The summed E-state index contributed by atoms with van der Waals surface area (Å²) in [6.45, 7) is 1.47. The highest BCUT2D eigenvalue weighted by Gasteiger charge is 2.27. The Bertz CT molecular complexity index is 1060. The van der Waals surface area contributed by atoms with Crippen molar-refractivity contribution in [2.45, 2.75) is 51.2 Å². The topological polar surface area (TPSA) is 72.1 Å². The van der Waals surface area contributed by atoms with Crippen molar-refractivity contribution in [3.05, 3.63) is 57.5 Å². The fourth-order valence-electron chi connectivity index (χ4n) is 4.65. The van der Waals surface area contributed by atoms with Gasteiger partial charge in [0, 0.05) is 10.9 Å². The first kappa shape index (κ1) is 16.6. The second-order valence-electron chi connectivity index (χ2n) is 7.66. The van der Waals surface area contributed by atoms with E-state index < -0.39 is 0 Å². The van der Waals surface area contributed by atoms with Crippen LogP contribution >= 0.6 is 0 Å². The maximum absolute atomic E-state index is 13.4. The van der Waals surface area contributed by atoms with E-state index in [2.05, 4.69) is 10.4 Å². The predicted octanol–water partition coefficient (Wildman–Crippen LogP) is 2.71. The lowest BCUT2D eigenvalue weighted by atomic mass is 9.91. The molecule has 6 nitrogen and oxygen atoms in total. The smallest absolute Gasteiger partial charge is 0.256 e. The van der Waals surface area contributed by atoms with E-state index >= 15 is 0 Å². The van der Waals surface area contributed by atoms with E-state index in [1.54, 1.807) is 12.1 Å². The van der Waals surface area contributed by atoms with E-state index in [1.807, 2.05) is 27.6 Å². The molecule has 1 atom stereocenters. The van der Waals surface area contributed by atoms with Gasteiger partial charge in [-0.2, -0.15) is 5.10 Å². The number of hydrogen-bond acceptors (Lipinski definition) is 4. The van der Waals surface area contributed by atoms with Crippen LogP contribution in [0.4, 0.5) is 0 Å². The Morgan fingerprint density at radius 1 is 1.19 bits per heavy atom. The molecular formula is C21H24N4O2. The summed E-state index contributed by atoms with van der Waals surface area (Å²) in [5, 5.41) is 19.0. The van der Waals surface area contributed by atoms with Crippen LogP contribution in [0.2, 0.25) is 0 Å². The molecule has 0 spiro atoms. The highest BCUT2D eigenvalue weighted by atomic mass is 16.3. The minimum absolute atomic E-state index is 0.0341. The molecule has 0 saturated carbocycles. The Morgan fingerprint density at radius 2 is 2.04 bits per heavy atom. The van der Waals surface area contributed by atoms with Crippen molar-refractivity contribution in [1.29, 1.82) is 0 Å². The lowest BCUT2D eigenvalue weighted by Crippen LogP contribution is -2.35. The van der Waals surface area contributed by atoms with E-state index in [4.69, 9.17) is 0 Å². The van der Waals surface area contributed by atoms with Crippen LogP contribution in [0.3, 0.4) is 0 Å². The molecule has 1 fully saturated rings. The zero-order valence-corrected chi connectivity index (χ0v) is 15.3. The third-order valence-electron chi connectivity index (χ3n) is 5.90. The van der Waals surface area contributed by atoms with Crippen molar-refractivity contribution >= 4 is 11.0 Å². The number of aromatic hydroxyl groups is 1. The molecule has 1 saturated heterocycles. The van der Waals surface area contributed by atoms with E-state index in [0.29, 0.717) is 6.54 Å². The minimum Gasteiger partial charge on any atom is -0.508 e. The van der Waals surface area contributed by atoms with Gasteiger partial charge in [-0.3, -0.25) is 14.7 Å². The third-order valence-corrected chi connectivity index (χ3v) is 5.90. The first-order valence-electron chi connectivity index (χ1n) is 9.85. The van der Waals surface area contributed by atoms with E-state index in [-0.39, 0.29) is 17.5 Å². The molecular weight excluding hydrogens is 340 g/mol. The van der Waals surface area contributed by atoms with Gasteiger partial charge in [0.15, 0.2) is 0 Å². The Hall–Kier alpha value is -2.60. The van der Waals surface area contributed by atoms with Crippen molar-refractivity contribution in [2.75, 3.05) is 6.54 Å². The van der Waals surface area contributed by atoms with Gasteiger partial charge in [0.05, 0.1) is 18.9 Å². The second kappa shape index (κ2) is 6.53. The molecule has 2 aromatic heterocycles. The first-order valence-corrected chi connectivity index (χ1v) is 9.85. The number of hydrogen-bond donors (Lipinski definition) is 2. The van der Waals surface area contributed by atoms with Gasteiger partial charge >= 0.3 is 0 Å². The fraction of sp³-hybridized carbons (Fsp3) is 0.429. The summed E-state index contributed by atoms with van der Waals surface area (Å²) in [6.07, 6.45) is 8.04. The van der Waals surface area contributed by atoms with Crippen LogP contribution in [0.15, 0.2) is 35.3 Å². The molecule has 1 unspecified atom stereocenters. The van der Waals surface area contributed by atoms with Crippen molar-refractivity contribution in [3.8, 4) is 5.75 Å². The maximum atomic E-state index is 13.4. The highest BCUT2D eigenvalue weighted by Crippen LogP contribution is 2.30. The van der Waals surface area contributed by atoms with Gasteiger partial charge < -0.3 is 5.11 Å². The zero-order chi connectivity index (χ0) is 18.4. The molecule has 0 radical (unpaired) electrons. The number of benzene rings is 1. The molecule has 2 aliphatic rings. The summed E-state index contributed by atoms with van der Waals surface area (Å²) >= 11 is 0. The summed E-state index contributed by atoms with van der Waals surface area (Å²) in [5.41, 5.74) is 4.20. The molecule has 0 bridgehead atoms. The SMILES string of the molecule is O=c1c2c(c3cnn(Cc4cccc(O)c4)c3n1C1CCCN1)CCCC2. The Labute approximate surface area is 157 Å². The zero-order valence-electron chi connectivity index (χ0n) is 15.3. The number of pyridine rings is 1. The van der Waals surface area contributed by atoms with Crippen LogP contribution in [0.1, 0.15) is 48.5 Å². The van der Waals surface area contributed by atoms with Crippen molar-refractivity contribution < 1.29 is 5.11 Å². The number of fused-ring (bicyclic) bond motifs is 3. The number of aryl methyl sites for hydroxylation is 1. The first-order chi connectivity index (χ1) is 13.2. The summed E-state index contributed by atoms with van der Waals surface area (Å²) in [6, 6.07) is 7.23. The van der Waals surface area contributed by atoms with E-state index in [9.17, 15) is 9.90 Å². The minimum atomic E-state index is 0.0341. The fourth-order valence-corrected chi connectivity index (χ4v) is 4.65. The lowest BCUT2D eigenvalue weighted by Gasteiger charge is -2.23. The third kappa shape index (κ3) is 2.75. The molecule has 5 rings (SSSR count). The summed E-state index contributed by atoms with van der Waals surface area (Å²) in [7, 11) is 0. The number of nitrogens with one attached hydrogen (secondary N) is 1. The van der Waals surface area contributed by atoms with Crippen molar-refractivity contribution in [2.24, 2.45) is 0 Å². The number of phenolic OH excluding ortho intramolecular Hbond substituents is 1. The molecule has 1 aliphatic carbocycles. The van der Waals surface area contributed by atoms with Crippen LogP contribution in [-0.2, 0) is 19.4 Å². The summed E-state index contributed by atoms with van der Waals surface area (Å²) < 4.78 is 3.86. The number of phenols is 1. The second-order valence-corrected chi connectivity index (χ2v) is 7.66. The van der Waals surface area contributed by atoms with Crippen LogP contribution in [0.25, 0.3) is 11.0 Å². The quantitative estimate of drug-likeness (QED) is 0.750. The number of nitrogens with zero attached hydrogens (tertiary/aromatic N) is 3. The van der Waals surface area contributed by atoms with Gasteiger partial charge in [-0.1, -0.05) is 12.1 Å². The van der Waals surface area contributed by atoms with E-state index in [1.165, 1.54) is 5.56 Å².